The molecule has 0 aromatic carbocycles. The maximum Gasteiger partial charge on any atom is 0.129 e. The predicted octanol–water partition coefficient (Wildman–Crippen LogP) is 1.95. The summed E-state index contributed by atoms with van der Waals surface area (Å²) >= 11 is 0. The lowest BCUT2D eigenvalue weighted by Crippen LogP contribution is -2.16. The second-order valence-electron chi connectivity index (χ2n) is 5.11. The number of rotatable bonds is 2. The first-order valence-electron chi connectivity index (χ1n) is 5.85. The van der Waals surface area contributed by atoms with Crippen molar-refractivity contribution in [2.45, 2.75) is 26.2 Å². The summed E-state index contributed by atoms with van der Waals surface area (Å²) < 4.78 is 0. The Bertz CT molecular complexity index is 556. The zero-order chi connectivity index (χ0) is 13.0. The van der Waals surface area contributed by atoms with Crippen LogP contribution in [0, 0.1) is 11.5 Å². The monoisotopic (exact) mass is 256 g/mol. The van der Waals surface area contributed by atoms with Crippen molar-refractivity contribution in [3.8, 4) is 11.5 Å². The van der Waals surface area contributed by atoms with Crippen LogP contribution in [0.15, 0.2) is 30.7 Å². The molecular formula is C13H16N4Si. The minimum absolute atomic E-state index is 0.641. The van der Waals surface area contributed by atoms with Gasteiger partial charge >= 0.3 is 0 Å². The normalized spacial score (nSPS) is 10.8. The highest BCUT2D eigenvalue weighted by atomic mass is 28.3. The van der Waals surface area contributed by atoms with Gasteiger partial charge in [0.25, 0.3) is 0 Å². The van der Waals surface area contributed by atoms with E-state index in [4.69, 9.17) is 0 Å². The van der Waals surface area contributed by atoms with E-state index in [1.807, 2.05) is 18.3 Å². The van der Waals surface area contributed by atoms with Crippen molar-refractivity contribution in [3.05, 3.63) is 42.0 Å². The molecule has 2 aromatic heterocycles. The molecule has 0 aliphatic heterocycles. The minimum atomic E-state index is -1.33. The van der Waals surface area contributed by atoms with Crippen LogP contribution in [0.2, 0.25) is 19.6 Å². The first kappa shape index (κ1) is 12.5. The van der Waals surface area contributed by atoms with Gasteiger partial charge in [-0.2, -0.15) is 15.0 Å². The molecule has 0 N–H and O–H groups in total. The molecule has 2 rings (SSSR count). The van der Waals surface area contributed by atoms with E-state index in [1.165, 1.54) is 0 Å². The zero-order valence-electron chi connectivity index (χ0n) is 10.9. The number of pyridine rings is 1. The fourth-order valence-corrected chi connectivity index (χ4v) is 1.83. The van der Waals surface area contributed by atoms with E-state index in [9.17, 15) is 0 Å². The summed E-state index contributed by atoms with van der Waals surface area (Å²) in [6.45, 7) is 7.30. The average molecular weight is 256 g/mol. The van der Waals surface area contributed by atoms with E-state index in [1.54, 1.807) is 17.2 Å². The highest BCUT2D eigenvalue weighted by Crippen LogP contribution is 2.02. The second kappa shape index (κ2) is 5.15. The minimum Gasteiger partial charge on any atom is -0.247 e. The third-order valence-electron chi connectivity index (χ3n) is 2.18. The molecule has 92 valence electrons. The summed E-state index contributed by atoms with van der Waals surface area (Å²) in [7, 11) is -1.33. The largest absolute Gasteiger partial charge is 0.247 e. The van der Waals surface area contributed by atoms with Crippen molar-refractivity contribution < 1.29 is 0 Å². The number of hydrogen-bond acceptors (Lipinski definition) is 3. The van der Waals surface area contributed by atoms with Crippen molar-refractivity contribution in [1.82, 2.24) is 20.0 Å². The second-order valence-corrected chi connectivity index (χ2v) is 9.86. The molecule has 0 fully saturated rings. The molecule has 0 saturated carbocycles. The fraction of sp³-hybridized carbons (Fsp3) is 0.308. The molecule has 2 heterocycles. The third-order valence-corrected chi connectivity index (χ3v) is 3.06. The molecule has 0 unspecified atom stereocenters. The Morgan fingerprint density at radius 2 is 1.89 bits per heavy atom. The van der Waals surface area contributed by atoms with Gasteiger partial charge < -0.3 is 0 Å². The quantitative estimate of drug-likeness (QED) is 0.609. The number of nitrogens with zero attached hydrogens (tertiary/aromatic N) is 4. The molecule has 4 nitrogen and oxygen atoms in total. The van der Waals surface area contributed by atoms with Gasteiger partial charge in [-0.25, -0.2) is 4.98 Å². The van der Waals surface area contributed by atoms with Crippen molar-refractivity contribution in [3.63, 3.8) is 0 Å². The SMILES string of the molecule is C[Si](C)(C)C#Cc1ccc(Cn2nccn2)cn1. The highest BCUT2D eigenvalue weighted by molar-refractivity contribution is 6.83. The Hall–Kier alpha value is -1.93. The van der Waals surface area contributed by atoms with Crippen molar-refractivity contribution in [2.24, 2.45) is 0 Å². The summed E-state index contributed by atoms with van der Waals surface area (Å²) in [5.41, 5.74) is 5.20. The van der Waals surface area contributed by atoms with Crippen molar-refractivity contribution >= 4 is 8.07 Å². The Balaban J connectivity index is 2.08. The topological polar surface area (TPSA) is 43.6 Å². The molecule has 18 heavy (non-hydrogen) atoms. The smallest absolute Gasteiger partial charge is 0.129 e. The van der Waals surface area contributed by atoms with Crippen molar-refractivity contribution in [2.75, 3.05) is 0 Å². The van der Waals surface area contributed by atoms with Crippen LogP contribution >= 0.6 is 0 Å². The molecule has 0 radical (unpaired) electrons. The maximum absolute atomic E-state index is 4.34. The van der Waals surface area contributed by atoms with Gasteiger partial charge in [-0.3, -0.25) is 0 Å². The zero-order valence-corrected chi connectivity index (χ0v) is 11.9. The first-order chi connectivity index (χ1) is 8.53. The van der Waals surface area contributed by atoms with Crippen LogP contribution in [0.3, 0.4) is 0 Å². The number of aromatic nitrogens is 4. The van der Waals surface area contributed by atoms with E-state index < -0.39 is 8.07 Å². The molecular weight excluding hydrogens is 240 g/mol. The summed E-state index contributed by atoms with van der Waals surface area (Å²) in [6, 6.07) is 3.97. The van der Waals surface area contributed by atoms with Crippen LogP contribution in [0.25, 0.3) is 0 Å². The lowest BCUT2D eigenvalue weighted by Gasteiger charge is -2.03. The summed E-state index contributed by atoms with van der Waals surface area (Å²) in [5, 5.41) is 8.12. The molecule has 0 amide bonds. The molecule has 0 aliphatic carbocycles. The molecule has 0 spiro atoms. The molecule has 5 heteroatoms. The van der Waals surface area contributed by atoms with Crippen LogP contribution in [-0.4, -0.2) is 28.1 Å². The lowest BCUT2D eigenvalue weighted by atomic mass is 10.2. The fourth-order valence-electron chi connectivity index (χ4n) is 1.33. The van der Waals surface area contributed by atoms with E-state index in [0.717, 1.165) is 11.3 Å². The van der Waals surface area contributed by atoms with Crippen LogP contribution in [-0.2, 0) is 6.54 Å². The average Bonchev–Trinajstić information content (AvgIpc) is 2.80. The number of hydrogen-bond donors (Lipinski definition) is 0. The van der Waals surface area contributed by atoms with Gasteiger partial charge in [0.05, 0.1) is 18.9 Å². The van der Waals surface area contributed by atoms with E-state index in [-0.39, 0.29) is 0 Å². The van der Waals surface area contributed by atoms with Gasteiger partial charge in [-0.15, -0.1) is 5.54 Å². The summed E-state index contributed by atoms with van der Waals surface area (Å²) in [4.78, 5) is 5.97. The molecule has 2 aromatic rings. The van der Waals surface area contributed by atoms with E-state index in [0.29, 0.717) is 6.54 Å². The van der Waals surface area contributed by atoms with Gasteiger partial charge in [0.15, 0.2) is 0 Å². The van der Waals surface area contributed by atoms with Crippen molar-refractivity contribution in [1.29, 1.82) is 0 Å². The Labute approximate surface area is 108 Å². The maximum atomic E-state index is 4.34. The third kappa shape index (κ3) is 3.82. The summed E-state index contributed by atoms with van der Waals surface area (Å²) in [5.74, 6) is 3.13. The Morgan fingerprint density at radius 3 is 2.44 bits per heavy atom. The highest BCUT2D eigenvalue weighted by Gasteiger charge is 2.07. The van der Waals surface area contributed by atoms with Crippen LogP contribution < -0.4 is 0 Å². The van der Waals surface area contributed by atoms with Crippen LogP contribution in [0.5, 0.6) is 0 Å². The van der Waals surface area contributed by atoms with Gasteiger partial charge in [0.2, 0.25) is 0 Å². The molecule has 0 aliphatic rings. The van der Waals surface area contributed by atoms with Gasteiger partial charge in [-0.05, 0) is 11.6 Å². The first-order valence-corrected chi connectivity index (χ1v) is 9.35. The Morgan fingerprint density at radius 1 is 1.17 bits per heavy atom. The molecule has 0 bridgehead atoms. The van der Waals surface area contributed by atoms with Crippen LogP contribution in [0.4, 0.5) is 0 Å². The van der Waals surface area contributed by atoms with Crippen LogP contribution in [0.1, 0.15) is 11.3 Å². The molecule has 0 saturated heterocycles. The lowest BCUT2D eigenvalue weighted by molar-refractivity contribution is 0.590. The standard InChI is InChI=1S/C13H16N4Si/c1-18(2,3)9-6-13-5-4-12(10-14-13)11-17-15-7-8-16-17/h4-5,7-8,10H,11H2,1-3H3. The summed E-state index contributed by atoms with van der Waals surface area (Å²) in [6.07, 6.45) is 5.17. The predicted molar refractivity (Wildman–Crippen MR) is 73.6 cm³/mol. The molecule has 0 atom stereocenters. The Kier molecular flexibility index (Phi) is 3.58. The van der Waals surface area contributed by atoms with Gasteiger partial charge in [0.1, 0.15) is 13.8 Å². The van der Waals surface area contributed by atoms with Gasteiger partial charge in [-0.1, -0.05) is 31.6 Å². The van der Waals surface area contributed by atoms with Gasteiger partial charge in [0, 0.05) is 6.20 Å². The van der Waals surface area contributed by atoms with E-state index in [2.05, 4.69) is 46.3 Å². The van der Waals surface area contributed by atoms with E-state index >= 15 is 0 Å².